The molecule has 2 aromatic heterocycles. The largest absolute Gasteiger partial charge is 0.353 e. The van der Waals surface area contributed by atoms with Crippen molar-refractivity contribution in [3.63, 3.8) is 0 Å². The molecule has 1 unspecified atom stereocenters. The summed E-state index contributed by atoms with van der Waals surface area (Å²) < 4.78 is 1.40. The Morgan fingerprint density at radius 3 is 2.83 bits per heavy atom. The van der Waals surface area contributed by atoms with E-state index in [1.807, 2.05) is 6.07 Å². The number of nitrogens with zero attached hydrogens (tertiary/aromatic N) is 3. The first-order valence-electron chi connectivity index (χ1n) is 8.46. The number of fused-ring (bicyclic) bond motifs is 1. The van der Waals surface area contributed by atoms with Gasteiger partial charge < -0.3 is 5.32 Å². The molecule has 1 aliphatic carbocycles. The normalized spacial score (nSPS) is 15.5. The first-order chi connectivity index (χ1) is 11.7. The summed E-state index contributed by atoms with van der Waals surface area (Å²) in [5, 5.41) is 8.73. The van der Waals surface area contributed by atoms with Crippen LogP contribution in [0.3, 0.4) is 0 Å². The van der Waals surface area contributed by atoms with Gasteiger partial charge in [0.05, 0.1) is 6.04 Å². The SMILES string of the molecule is CCCc1cc(=O)n2nc(NC(c3ccccc3)C3CC3)sc2n1. The fraction of sp³-hybridized carbons (Fsp3) is 0.389. The van der Waals surface area contributed by atoms with Crippen LogP contribution in [0.2, 0.25) is 0 Å². The molecule has 0 amide bonds. The molecule has 124 valence electrons. The highest BCUT2D eigenvalue weighted by Crippen LogP contribution is 2.43. The summed E-state index contributed by atoms with van der Waals surface area (Å²) in [4.78, 5) is 17.5. The van der Waals surface area contributed by atoms with Gasteiger partial charge in [-0.05, 0) is 30.7 Å². The summed E-state index contributed by atoms with van der Waals surface area (Å²) in [6.45, 7) is 2.09. The maximum atomic E-state index is 12.2. The zero-order valence-corrected chi connectivity index (χ0v) is 14.4. The van der Waals surface area contributed by atoms with Crippen molar-refractivity contribution in [2.45, 2.75) is 38.6 Å². The van der Waals surface area contributed by atoms with E-state index in [0.29, 0.717) is 10.9 Å². The molecule has 0 bridgehead atoms. The minimum absolute atomic E-state index is 0.101. The van der Waals surface area contributed by atoms with Gasteiger partial charge in [-0.2, -0.15) is 4.52 Å². The lowest BCUT2D eigenvalue weighted by atomic mass is 10.0. The van der Waals surface area contributed by atoms with Gasteiger partial charge >= 0.3 is 0 Å². The maximum absolute atomic E-state index is 12.2. The van der Waals surface area contributed by atoms with Crippen LogP contribution in [0.15, 0.2) is 41.2 Å². The monoisotopic (exact) mass is 340 g/mol. The molecule has 0 spiro atoms. The van der Waals surface area contributed by atoms with Crippen molar-refractivity contribution in [2.75, 3.05) is 5.32 Å². The van der Waals surface area contributed by atoms with E-state index >= 15 is 0 Å². The van der Waals surface area contributed by atoms with E-state index in [2.05, 4.69) is 46.6 Å². The van der Waals surface area contributed by atoms with Gasteiger partial charge in [0.2, 0.25) is 10.1 Å². The van der Waals surface area contributed by atoms with Crippen LogP contribution in [0.25, 0.3) is 4.96 Å². The highest BCUT2D eigenvalue weighted by Gasteiger charge is 2.33. The van der Waals surface area contributed by atoms with Crippen LogP contribution >= 0.6 is 11.3 Å². The molecule has 24 heavy (non-hydrogen) atoms. The summed E-state index contributed by atoms with van der Waals surface area (Å²) in [7, 11) is 0. The Balaban J connectivity index is 1.66. The highest BCUT2D eigenvalue weighted by molar-refractivity contribution is 7.20. The van der Waals surface area contributed by atoms with Crippen molar-refractivity contribution in [1.29, 1.82) is 0 Å². The van der Waals surface area contributed by atoms with Crippen LogP contribution in [-0.2, 0) is 6.42 Å². The molecule has 1 N–H and O–H groups in total. The van der Waals surface area contributed by atoms with Crippen molar-refractivity contribution in [1.82, 2.24) is 14.6 Å². The molecule has 1 fully saturated rings. The molecule has 3 aromatic rings. The third kappa shape index (κ3) is 3.06. The van der Waals surface area contributed by atoms with Gasteiger partial charge in [-0.25, -0.2) is 4.98 Å². The predicted octanol–water partition coefficient (Wildman–Crippen LogP) is 3.67. The summed E-state index contributed by atoms with van der Waals surface area (Å²) in [5.41, 5.74) is 2.01. The number of benzene rings is 1. The molecule has 5 nitrogen and oxygen atoms in total. The molecule has 6 heteroatoms. The van der Waals surface area contributed by atoms with Gasteiger partial charge in [0.1, 0.15) is 0 Å². The molecule has 0 aliphatic heterocycles. The van der Waals surface area contributed by atoms with Crippen LogP contribution in [0, 0.1) is 5.92 Å². The third-order valence-corrected chi connectivity index (χ3v) is 5.17. The van der Waals surface area contributed by atoms with Crippen LogP contribution in [0.5, 0.6) is 0 Å². The van der Waals surface area contributed by atoms with Crippen LogP contribution in [0.1, 0.15) is 43.5 Å². The van der Waals surface area contributed by atoms with Crippen LogP contribution < -0.4 is 10.9 Å². The van der Waals surface area contributed by atoms with E-state index in [1.165, 1.54) is 34.3 Å². The average molecular weight is 340 g/mol. The third-order valence-electron chi connectivity index (χ3n) is 4.34. The number of nitrogens with one attached hydrogen (secondary N) is 1. The van der Waals surface area contributed by atoms with Crippen LogP contribution in [0.4, 0.5) is 5.13 Å². The predicted molar refractivity (Wildman–Crippen MR) is 96.7 cm³/mol. The Morgan fingerprint density at radius 1 is 1.33 bits per heavy atom. The first-order valence-corrected chi connectivity index (χ1v) is 9.27. The molecule has 1 atom stereocenters. The highest BCUT2D eigenvalue weighted by atomic mass is 32.1. The molecule has 0 radical (unpaired) electrons. The molecule has 0 saturated heterocycles. The quantitative estimate of drug-likeness (QED) is 0.744. The van der Waals surface area contributed by atoms with E-state index in [0.717, 1.165) is 23.7 Å². The topological polar surface area (TPSA) is 59.3 Å². The van der Waals surface area contributed by atoms with Crippen molar-refractivity contribution in [3.05, 3.63) is 58.0 Å². The fourth-order valence-electron chi connectivity index (χ4n) is 3.00. The lowest BCUT2D eigenvalue weighted by Crippen LogP contribution is -2.16. The molecule has 1 aromatic carbocycles. The summed E-state index contributed by atoms with van der Waals surface area (Å²) in [5.74, 6) is 0.639. The average Bonchev–Trinajstić information content (AvgIpc) is 3.34. The first kappa shape index (κ1) is 15.3. The van der Waals surface area contributed by atoms with Gasteiger partial charge in [-0.3, -0.25) is 4.79 Å². The van der Waals surface area contributed by atoms with Gasteiger partial charge in [0, 0.05) is 11.8 Å². The number of aryl methyl sites for hydroxylation is 1. The smallest absolute Gasteiger partial charge is 0.275 e. The summed E-state index contributed by atoms with van der Waals surface area (Å²) >= 11 is 1.45. The van der Waals surface area contributed by atoms with Crippen molar-refractivity contribution >= 4 is 21.4 Å². The number of hydrogen-bond donors (Lipinski definition) is 1. The van der Waals surface area contributed by atoms with Gasteiger partial charge in [0.15, 0.2) is 0 Å². The van der Waals surface area contributed by atoms with Gasteiger partial charge in [-0.15, -0.1) is 5.10 Å². The minimum Gasteiger partial charge on any atom is -0.353 e. The molecule has 4 rings (SSSR count). The Bertz CT molecular complexity index is 898. The van der Waals surface area contributed by atoms with E-state index in [9.17, 15) is 4.79 Å². The Labute approximate surface area is 144 Å². The second kappa shape index (κ2) is 6.36. The van der Waals surface area contributed by atoms with E-state index in [1.54, 1.807) is 6.07 Å². The Hall–Kier alpha value is -2.21. The van der Waals surface area contributed by atoms with E-state index in [-0.39, 0.29) is 11.6 Å². The fourth-order valence-corrected chi connectivity index (χ4v) is 3.86. The molecular formula is C18H20N4OS. The molecule has 1 saturated carbocycles. The lowest BCUT2D eigenvalue weighted by molar-refractivity contribution is 0.675. The standard InChI is InChI=1S/C18H20N4OS/c1-2-6-14-11-15(23)22-18(19-14)24-17(21-22)20-16(13-9-10-13)12-7-4-3-5-8-12/h3-5,7-8,11,13,16H,2,6,9-10H2,1H3,(H,20,21). The van der Waals surface area contributed by atoms with E-state index in [4.69, 9.17) is 0 Å². The number of anilines is 1. The minimum atomic E-state index is -0.101. The summed E-state index contributed by atoms with van der Waals surface area (Å²) in [6, 6.07) is 12.3. The second-order valence-corrected chi connectivity index (χ2v) is 7.26. The Morgan fingerprint density at radius 2 is 2.12 bits per heavy atom. The van der Waals surface area contributed by atoms with E-state index < -0.39 is 0 Å². The van der Waals surface area contributed by atoms with Crippen molar-refractivity contribution < 1.29 is 0 Å². The Kier molecular flexibility index (Phi) is 4.06. The molecular weight excluding hydrogens is 320 g/mol. The maximum Gasteiger partial charge on any atom is 0.275 e. The summed E-state index contributed by atoms with van der Waals surface area (Å²) in [6.07, 6.45) is 4.26. The zero-order valence-electron chi connectivity index (χ0n) is 13.6. The molecule has 1 aliphatic rings. The number of aromatic nitrogens is 3. The van der Waals surface area contributed by atoms with Crippen molar-refractivity contribution in [3.8, 4) is 0 Å². The number of rotatable bonds is 6. The lowest BCUT2D eigenvalue weighted by Gasteiger charge is -2.17. The second-order valence-electron chi connectivity index (χ2n) is 6.31. The van der Waals surface area contributed by atoms with Gasteiger partial charge in [-0.1, -0.05) is 55.0 Å². The zero-order chi connectivity index (χ0) is 16.5. The van der Waals surface area contributed by atoms with Crippen LogP contribution in [-0.4, -0.2) is 14.6 Å². The van der Waals surface area contributed by atoms with Gasteiger partial charge in [0.25, 0.3) is 5.56 Å². The molecule has 2 heterocycles. The number of hydrogen-bond acceptors (Lipinski definition) is 5. The van der Waals surface area contributed by atoms with Crippen molar-refractivity contribution in [2.24, 2.45) is 5.92 Å².